The third-order valence-electron chi connectivity index (χ3n) is 2.08. The van der Waals surface area contributed by atoms with Crippen molar-refractivity contribution in [3.8, 4) is 0 Å². The minimum atomic E-state index is 0.832. The van der Waals surface area contributed by atoms with Crippen LogP contribution in [0.1, 0.15) is 11.3 Å². The number of aromatic amines is 1. The van der Waals surface area contributed by atoms with Gasteiger partial charge < -0.3 is 10.7 Å². The van der Waals surface area contributed by atoms with Crippen LogP contribution in [-0.2, 0) is 0 Å². The van der Waals surface area contributed by atoms with Crippen LogP contribution < -0.4 is 5.73 Å². The van der Waals surface area contributed by atoms with Crippen molar-refractivity contribution in [1.82, 2.24) is 4.98 Å². The molecule has 0 amide bonds. The fraction of sp³-hybridized carbons (Fsp3) is 0.200. The summed E-state index contributed by atoms with van der Waals surface area (Å²) in [7, 11) is 0. The predicted octanol–water partition coefficient (Wildman–Crippen LogP) is 2.37. The van der Waals surface area contributed by atoms with E-state index in [-0.39, 0.29) is 0 Å². The van der Waals surface area contributed by atoms with Gasteiger partial charge in [0.1, 0.15) is 0 Å². The molecule has 0 spiro atoms. The lowest BCUT2D eigenvalue weighted by atomic mass is 10.1. The number of aryl methyl sites for hydroxylation is 2. The van der Waals surface area contributed by atoms with Crippen molar-refractivity contribution < 1.29 is 0 Å². The Labute approximate surface area is 71.4 Å². The fourth-order valence-electron chi connectivity index (χ4n) is 1.59. The van der Waals surface area contributed by atoms with E-state index in [0.717, 1.165) is 5.69 Å². The molecule has 3 N–H and O–H groups in total. The quantitative estimate of drug-likeness (QED) is 0.571. The second-order valence-electron chi connectivity index (χ2n) is 3.25. The molecule has 1 heterocycles. The molecule has 0 atom stereocenters. The Bertz CT molecular complexity index is 427. The Morgan fingerprint density at radius 3 is 2.67 bits per heavy atom. The zero-order valence-electron chi connectivity index (χ0n) is 7.31. The van der Waals surface area contributed by atoms with Gasteiger partial charge in [-0.1, -0.05) is 0 Å². The van der Waals surface area contributed by atoms with Crippen LogP contribution in [0.15, 0.2) is 18.2 Å². The Morgan fingerprint density at radius 1 is 1.17 bits per heavy atom. The highest BCUT2D eigenvalue weighted by molar-refractivity contribution is 5.86. The number of nitrogen functional groups attached to an aromatic ring is 1. The monoisotopic (exact) mass is 160 g/mol. The van der Waals surface area contributed by atoms with Crippen LogP contribution in [0.5, 0.6) is 0 Å². The van der Waals surface area contributed by atoms with Crippen LogP contribution in [0, 0.1) is 13.8 Å². The lowest BCUT2D eigenvalue weighted by Crippen LogP contribution is -1.85. The smallest absolute Gasteiger partial charge is 0.0487 e. The SMILES string of the molecule is Cc1cc2cc(N)cc(C)c2[nH]1. The molecule has 62 valence electrons. The number of hydrogen-bond donors (Lipinski definition) is 2. The van der Waals surface area contributed by atoms with E-state index in [0.29, 0.717) is 0 Å². The van der Waals surface area contributed by atoms with Gasteiger partial charge in [0, 0.05) is 22.3 Å². The van der Waals surface area contributed by atoms with Gasteiger partial charge in [0.2, 0.25) is 0 Å². The zero-order chi connectivity index (χ0) is 8.72. The standard InChI is InChI=1S/C10H12N2/c1-6-3-9(11)5-8-4-7(2)12-10(6)8/h3-5,12H,11H2,1-2H3. The Morgan fingerprint density at radius 2 is 1.92 bits per heavy atom. The molecule has 0 bridgehead atoms. The highest BCUT2D eigenvalue weighted by atomic mass is 14.7. The number of benzene rings is 1. The summed E-state index contributed by atoms with van der Waals surface area (Å²) in [6.45, 7) is 4.12. The highest BCUT2D eigenvalue weighted by Gasteiger charge is 2.00. The van der Waals surface area contributed by atoms with E-state index in [1.807, 2.05) is 12.1 Å². The molecule has 0 aliphatic carbocycles. The summed E-state index contributed by atoms with van der Waals surface area (Å²) in [6.07, 6.45) is 0. The first-order valence-corrected chi connectivity index (χ1v) is 4.02. The van der Waals surface area contributed by atoms with E-state index in [9.17, 15) is 0 Å². The van der Waals surface area contributed by atoms with Crippen molar-refractivity contribution >= 4 is 16.6 Å². The second kappa shape index (κ2) is 2.27. The van der Waals surface area contributed by atoms with Crippen molar-refractivity contribution in [2.75, 3.05) is 5.73 Å². The molecule has 12 heavy (non-hydrogen) atoms. The first-order chi connectivity index (χ1) is 5.66. The van der Waals surface area contributed by atoms with Crippen LogP contribution in [0.3, 0.4) is 0 Å². The van der Waals surface area contributed by atoms with E-state index in [2.05, 4.69) is 24.9 Å². The largest absolute Gasteiger partial charge is 0.399 e. The van der Waals surface area contributed by atoms with Gasteiger partial charge in [-0.05, 0) is 37.6 Å². The van der Waals surface area contributed by atoms with Crippen LogP contribution in [0.25, 0.3) is 10.9 Å². The molecule has 0 saturated carbocycles. The average molecular weight is 160 g/mol. The van der Waals surface area contributed by atoms with Crippen molar-refractivity contribution in [2.45, 2.75) is 13.8 Å². The Hall–Kier alpha value is -1.44. The summed E-state index contributed by atoms with van der Waals surface area (Å²) < 4.78 is 0. The van der Waals surface area contributed by atoms with E-state index < -0.39 is 0 Å². The summed E-state index contributed by atoms with van der Waals surface area (Å²) in [5, 5.41) is 1.20. The molecule has 2 heteroatoms. The normalized spacial score (nSPS) is 10.8. The van der Waals surface area contributed by atoms with Crippen molar-refractivity contribution in [1.29, 1.82) is 0 Å². The molecule has 2 nitrogen and oxygen atoms in total. The van der Waals surface area contributed by atoms with Gasteiger partial charge in [0.15, 0.2) is 0 Å². The number of nitrogens with two attached hydrogens (primary N) is 1. The molecule has 1 aromatic heterocycles. The summed E-state index contributed by atoms with van der Waals surface area (Å²) >= 11 is 0. The topological polar surface area (TPSA) is 41.8 Å². The Balaban J connectivity index is 2.88. The van der Waals surface area contributed by atoms with Crippen molar-refractivity contribution in [2.24, 2.45) is 0 Å². The third-order valence-corrected chi connectivity index (χ3v) is 2.08. The Kier molecular flexibility index (Phi) is 1.37. The first kappa shape index (κ1) is 7.22. The number of fused-ring (bicyclic) bond motifs is 1. The highest BCUT2D eigenvalue weighted by Crippen LogP contribution is 2.21. The number of aromatic nitrogens is 1. The third kappa shape index (κ3) is 0.961. The van der Waals surface area contributed by atoms with E-state index in [1.54, 1.807) is 0 Å². The van der Waals surface area contributed by atoms with Gasteiger partial charge in [-0.25, -0.2) is 0 Å². The molecule has 0 fully saturated rings. The summed E-state index contributed by atoms with van der Waals surface area (Å²) in [4.78, 5) is 3.30. The molecule has 2 aromatic rings. The lowest BCUT2D eigenvalue weighted by Gasteiger charge is -1.97. The van der Waals surface area contributed by atoms with Gasteiger partial charge in [-0.3, -0.25) is 0 Å². The van der Waals surface area contributed by atoms with Crippen LogP contribution >= 0.6 is 0 Å². The molecular weight excluding hydrogens is 148 g/mol. The van der Waals surface area contributed by atoms with Crippen LogP contribution in [0.4, 0.5) is 5.69 Å². The summed E-state index contributed by atoms with van der Waals surface area (Å²) in [5.74, 6) is 0. The van der Waals surface area contributed by atoms with Gasteiger partial charge in [-0.15, -0.1) is 0 Å². The van der Waals surface area contributed by atoms with Crippen LogP contribution in [0.2, 0.25) is 0 Å². The zero-order valence-corrected chi connectivity index (χ0v) is 7.31. The number of hydrogen-bond acceptors (Lipinski definition) is 1. The van der Waals surface area contributed by atoms with Crippen molar-refractivity contribution in [3.63, 3.8) is 0 Å². The maximum Gasteiger partial charge on any atom is 0.0487 e. The van der Waals surface area contributed by atoms with Gasteiger partial charge in [0.05, 0.1) is 0 Å². The predicted molar refractivity (Wildman–Crippen MR) is 52.2 cm³/mol. The summed E-state index contributed by atoms with van der Waals surface area (Å²) in [5.41, 5.74) is 10.1. The number of anilines is 1. The molecule has 0 aliphatic rings. The van der Waals surface area contributed by atoms with E-state index in [1.165, 1.54) is 22.2 Å². The minimum absolute atomic E-state index is 0.832. The van der Waals surface area contributed by atoms with E-state index >= 15 is 0 Å². The number of H-pyrrole nitrogens is 1. The van der Waals surface area contributed by atoms with Gasteiger partial charge in [-0.2, -0.15) is 0 Å². The molecule has 0 unspecified atom stereocenters. The molecule has 2 rings (SSSR count). The number of rotatable bonds is 0. The first-order valence-electron chi connectivity index (χ1n) is 4.02. The lowest BCUT2D eigenvalue weighted by molar-refractivity contribution is 1.29. The molecule has 0 saturated heterocycles. The van der Waals surface area contributed by atoms with Gasteiger partial charge in [0.25, 0.3) is 0 Å². The van der Waals surface area contributed by atoms with E-state index in [4.69, 9.17) is 5.73 Å². The molecule has 0 radical (unpaired) electrons. The number of nitrogens with one attached hydrogen (secondary N) is 1. The van der Waals surface area contributed by atoms with Gasteiger partial charge >= 0.3 is 0 Å². The second-order valence-corrected chi connectivity index (χ2v) is 3.25. The molecule has 0 aliphatic heterocycles. The maximum atomic E-state index is 5.72. The van der Waals surface area contributed by atoms with Crippen molar-refractivity contribution in [3.05, 3.63) is 29.5 Å². The molecular formula is C10H12N2. The maximum absolute atomic E-state index is 5.72. The average Bonchev–Trinajstić information content (AvgIpc) is 2.29. The van der Waals surface area contributed by atoms with Crippen LogP contribution in [-0.4, -0.2) is 4.98 Å². The fourth-order valence-corrected chi connectivity index (χ4v) is 1.59. The summed E-state index contributed by atoms with van der Waals surface area (Å²) in [6, 6.07) is 6.09. The molecule has 1 aromatic carbocycles. The minimum Gasteiger partial charge on any atom is -0.399 e.